The number of hydrogen-bond acceptors (Lipinski definition) is 2. The summed E-state index contributed by atoms with van der Waals surface area (Å²) in [6.45, 7) is 16.6. The molecule has 4 rings (SSSR count). The Hall–Kier alpha value is -0.410. The first-order valence-electron chi connectivity index (χ1n) is 12.7. The Bertz CT molecular complexity index is 571. The van der Waals surface area contributed by atoms with Crippen molar-refractivity contribution < 1.29 is 4.39 Å². The number of halogens is 1. The van der Waals surface area contributed by atoms with Crippen LogP contribution in [0.25, 0.3) is 0 Å². The Balaban J connectivity index is 1.35. The summed E-state index contributed by atoms with van der Waals surface area (Å²) in [6.07, 6.45) is 8.58. The smallest absolute Gasteiger partial charge is 0.100 e. The lowest BCUT2D eigenvalue weighted by Gasteiger charge is -2.31. The van der Waals surface area contributed by atoms with E-state index < -0.39 is 6.17 Å². The van der Waals surface area contributed by atoms with Crippen LogP contribution in [0.1, 0.15) is 79.1 Å². The van der Waals surface area contributed by atoms with E-state index in [1.165, 1.54) is 37.7 Å². The van der Waals surface area contributed by atoms with E-state index in [1.807, 2.05) is 0 Å². The van der Waals surface area contributed by atoms with Crippen molar-refractivity contribution in [2.24, 2.45) is 35.5 Å². The fraction of sp³-hybridized carbons (Fsp3) is 0.923. The fourth-order valence-electron chi connectivity index (χ4n) is 7.17. The summed E-state index contributed by atoms with van der Waals surface area (Å²) >= 11 is 0. The van der Waals surface area contributed by atoms with Gasteiger partial charge in [0.25, 0.3) is 0 Å². The molecule has 166 valence electrons. The Morgan fingerprint density at radius 2 is 2.00 bits per heavy atom. The molecule has 2 aliphatic heterocycles. The first kappa shape index (κ1) is 21.8. The highest BCUT2D eigenvalue weighted by Crippen LogP contribution is 2.55. The fourth-order valence-corrected chi connectivity index (χ4v) is 7.17. The molecular formula is C26H45FN2. The highest BCUT2D eigenvalue weighted by Gasteiger charge is 2.60. The molecule has 4 fully saturated rings. The average molecular weight is 405 g/mol. The molecule has 11 atom stereocenters. The lowest BCUT2D eigenvalue weighted by molar-refractivity contribution is 0.174. The summed E-state index contributed by atoms with van der Waals surface area (Å²) in [5.41, 5.74) is 1.49. The number of nitrogens with one attached hydrogen (secondary N) is 1. The number of nitrogens with zero attached hydrogens (tertiary/aromatic N) is 1. The van der Waals surface area contributed by atoms with Gasteiger partial charge in [0.2, 0.25) is 0 Å². The molecule has 0 amide bonds. The molecule has 0 bridgehead atoms. The maximum Gasteiger partial charge on any atom is 0.100 e. The zero-order valence-corrected chi connectivity index (χ0v) is 19.4. The third-order valence-corrected chi connectivity index (χ3v) is 9.39. The van der Waals surface area contributed by atoms with Gasteiger partial charge in [-0.15, -0.1) is 0 Å². The Morgan fingerprint density at radius 1 is 1.21 bits per heavy atom. The van der Waals surface area contributed by atoms with Gasteiger partial charge in [0.15, 0.2) is 0 Å². The summed E-state index contributed by atoms with van der Waals surface area (Å²) in [6, 6.07) is 2.22. The van der Waals surface area contributed by atoms with Crippen LogP contribution < -0.4 is 5.32 Å². The zero-order chi connectivity index (χ0) is 20.7. The minimum atomic E-state index is -0.526. The molecule has 1 N–H and O–H groups in total. The van der Waals surface area contributed by atoms with Crippen LogP contribution >= 0.6 is 0 Å². The highest BCUT2D eigenvalue weighted by molar-refractivity contribution is 5.15. The Kier molecular flexibility index (Phi) is 6.76. The molecule has 2 aliphatic carbocycles. The summed E-state index contributed by atoms with van der Waals surface area (Å²) < 4.78 is 13.9. The quantitative estimate of drug-likeness (QED) is 0.384. The van der Waals surface area contributed by atoms with Crippen molar-refractivity contribution in [3.8, 4) is 0 Å². The molecule has 0 spiro atoms. The van der Waals surface area contributed by atoms with Crippen molar-refractivity contribution in [1.29, 1.82) is 0 Å². The van der Waals surface area contributed by atoms with Crippen LogP contribution in [0, 0.1) is 35.5 Å². The summed E-state index contributed by atoms with van der Waals surface area (Å²) in [7, 11) is 0. The van der Waals surface area contributed by atoms with Crippen molar-refractivity contribution in [3.63, 3.8) is 0 Å². The topological polar surface area (TPSA) is 15.0 Å². The van der Waals surface area contributed by atoms with Gasteiger partial charge in [-0.3, -0.25) is 4.90 Å². The van der Waals surface area contributed by atoms with Crippen molar-refractivity contribution in [3.05, 3.63) is 12.2 Å². The van der Waals surface area contributed by atoms with Crippen LogP contribution in [-0.4, -0.2) is 42.3 Å². The predicted octanol–water partition coefficient (Wildman–Crippen LogP) is 5.83. The molecule has 0 radical (unpaired) electrons. The van der Waals surface area contributed by atoms with Gasteiger partial charge in [0.1, 0.15) is 6.17 Å². The monoisotopic (exact) mass is 404 g/mol. The third kappa shape index (κ3) is 4.61. The van der Waals surface area contributed by atoms with E-state index in [2.05, 4.69) is 44.5 Å². The summed E-state index contributed by atoms with van der Waals surface area (Å²) in [5.74, 6) is 4.36. The molecule has 3 heteroatoms. The SMILES string of the molecule is C=C(CC(C(C)CC)C(C)C1C(C)N1C1CC1C1CCCC(F)C1)C1CCNC1. The van der Waals surface area contributed by atoms with E-state index in [-0.39, 0.29) is 0 Å². The molecule has 0 aromatic heterocycles. The van der Waals surface area contributed by atoms with Crippen LogP contribution in [0.2, 0.25) is 0 Å². The van der Waals surface area contributed by atoms with E-state index in [0.29, 0.717) is 11.8 Å². The molecule has 11 unspecified atom stereocenters. The van der Waals surface area contributed by atoms with Crippen LogP contribution in [0.15, 0.2) is 12.2 Å². The highest BCUT2D eigenvalue weighted by atomic mass is 19.1. The van der Waals surface area contributed by atoms with Crippen molar-refractivity contribution in [2.75, 3.05) is 13.1 Å². The second-order valence-corrected chi connectivity index (χ2v) is 11.1. The second-order valence-electron chi connectivity index (χ2n) is 11.1. The van der Waals surface area contributed by atoms with Crippen LogP contribution in [0.3, 0.4) is 0 Å². The van der Waals surface area contributed by atoms with E-state index in [4.69, 9.17) is 0 Å². The van der Waals surface area contributed by atoms with Crippen molar-refractivity contribution >= 4 is 0 Å². The van der Waals surface area contributed by atoms with E-state index in [1.54, 1.807) is 0 Å². The van der Waals surface area contributed by atoms with Crippen LogP contribution in [0.4, 0.5) is 4.39 Å². The number of hydrogen-bond donors (Lipinski definition) is 1. The minimum Gasteiger partial charge on any atom is -0.316 e. The zero-order valence-electron chi connectivity index (χ0n) is 19.4. The molecule has 4 aliphatic rings. The molecule has 2 heterocycles. The van der Waals surface area contributed by atoms with Crippen molar-refractivity contribution in [1.82, 2.24) is 10.2 Å². The van der Waals surface area contributed by atoms with E-state index in [9.17, 15) is 4.39 Å². The lowest BCUT2D eigenvalue weighted by atomic mass is 9.74. The van der Waals surface area contributed by atoms with Crippen molar-refractivity contribution in [2.45, 2.75) is 103 Å². The first-order chi connectivity index (χ1) is 13.9. The average Bonchev–Trinajstić information content (AvgIpc) is 3.56. The Labute approximate surface area is 179 Å². The van der Waals surface area contributed by atoms with Gasteiger partial charge in [-0.1, -0.05) is 45.8 Å². The largest absolute Gasteiger partial charge is 0.316 e. The normalized spacial score (nSPS) is 44.9. The van der Waals surface area contributed by atoms with Gasteiger partial charge in [-0.25, -0.2) is 4.39 Å². The van der Waals surface area contributed by atoms with Crippen LogP contribution in [-0.2, 0) is 0 Å². The van der Waals surface area contributed by atoms with Gasteiger partial charge in [0.05, 0.1) is 0 Å². The standard InChI is InChI=1S/C26H45FN2/c1-6-16(2)23(12-17(3)21-10-11-28-15-21)18(4)26-19(5)29(26)25-14-24(25)20-8-7-9-22(27)13-20/h16,18-26,28H,3,6-15H2,1-2,4-5H3. The number of rotatable bonds is 9. The molecule has 0 aromatic carbocycles. The third-order valence-electron chi connectivity index (χ3n) is 9.39. The Morgan fingerprint density at radius 3 is 2.66 bits per heavy atom. The maximum atomic E-state index is 13.9. The molecule has 0 aromatic rings. The summed E-state index contributed by atoms with van der Waals surface area (Å²) in [5, 5.41) is 3.51. The molecule has 2 saturated heterocycles. The predicted molar refractivity (Wildman–Crippen MR) is 121 cm³/mol. The van der Waals surface area contributed by atoms with Gasteiger partial charge < -0.3 is 5.32 Å². The number of alkyl halides is 1. The molecule has 29 heavy (non-hydrogen) atoms. The maximum absolute atomic E-state index is 13.9. The lowest BCUT2D eigenvalue weighted by Crippen LogP contribution is -2.28. The van der Waals surface area contributed by atoms with Gasteiger partial charge >= 0.3 is 0 Å². The van der Waals surface area contributed by atoms with Gasteiger partial charge in [-0.2, -0.15) is 0 Å². The molecular weight excluding hydrogens is 359 g/mol. The van der Waals surface area contributed by atoms with E-state index >= 15 is 0 Å². The van der Waals surface area contributed by atoms with Gasteiger partial charge in [0, 0.05) is 24.7 Å². The minimum absolute atomic E-state index is 0.526. The van der Waals surface area contributed by atoms with E-state index in [0.717, 1.165) is 74.1 Å². The molecule has 2 saturated carbocycles. The molecule has 2 nitrogen and oxygen atoms in total. The van der Waals surface area contributed by atoms with Gasteiger partial charge in [-0.05, 0) is 87.5 Å². The summed E-state index contributed by atoms with van der Waals surface area (Å²) in [4.78, 5) is 2.83. The first-order valence-corrected chi connectivity index (χ1v) is 12.7. The second kappa shape index (κ2) is 8.99. The van der Waals surface area contributed by atoms with Crippen LogP contribution in [0.5, 0.6) is 0 Å².